The van der Waals surface area contributed by atoms with E-state index in [2.05, 4.69) is 20.8 Å². The minimum absolute atomic E-state index is 0.0295. The van der Waals surface area contributed by atoms with Gasteiger partial charge in [0.05, 0.1) is 36.6 Å². The summed E-state index contributed by atoms with van der Waals surface area (Å²) >= 11 is 0. The molecule has 4 nitrogen and oxygen atoms in total. The van der Waals surface area contributed by atoms with Crippen LogP contribution in [0.3, 0.4) is 0 Å². The zero-order valence-electron chi connectivity index (χ0n) is 14.1. The maximum absolute atomic E-state index is 10.5. The van der Waals surface area contributed by atoms with Crippen molar-refractivity contribution in [1.82, 2.24) is 0 Å². The van der Waals surface area contributed by atoms with Crippen LogP contribution in [0, 0.1) is 11.8 Å². The summed E-state index contributed by atoms with van der Waals surface area (Å²) in [6.07, 6.45) is 3.93. The first kappa shape index (κ1) is 17.2. The molecular formula is C17H32O4. The highest BCUT2D eigenvalue weighted by molar-refractivity contribution is 4.95. The molecule has 0 aliphatic carbocycles. The topological polar surface area (TPSA) is 47.9 Å². The molecule has 2 fully saturated rings. The molecule has 8 atom stereocenters. The van der Waals surface area contributed by atoms with Crippen molar-refractivity contribution >= 4 is 0 Å². The third kappa shape index (κ3) is 3.79. The van der Waals surface area contributed by atoms with Gasteiger partial charge in [-0.3, -0.25) is 0 Å². The van der Waals surface area contributed by atoms with E-state index in [1.54, 1.807) is 7.11 Å². The molecule has 0 aromatic heterocycles. The molecule has 2 saturated heterocycles. The molecule has 2 aliphatic heterocycles. The quantitative estimate of drug-likeness (QED) is 0.848. The molecule has 2 heterocycles. The lowest BCUT2D eigenvalue weighted by Crippen LogP contribution is -2.58. The predicted octanol–water partition coefficient (Wildman–Crippen LogP) is 2.77. The van der Waals surface area contributed by atoms with Crippen LogP contribution in [-0.2, 0) is 14.2 Å². The lowest BCUT2D eigenvalue weighted by molar-refractivity contribution is -0.258. The number of methoxy groups -OCH3 is 1. The molecule has 0 saturated carbocycles. The van der Waals surface area contributed by atoms with Crippen molar-refractivity contribution in [2.45, 2.75) is 90.0 Å². The first-order valence-corrected chi connectivity index (χ1v) is 8.49. The SMILES string of the molecule is CCC[C@H]1O[C@H]2[C@H](C)[C@@H](O)[C@H](CC(C)OC)O[C@H]2C[C@H]1C. The van der Waals surface area contributed by atoms with Gasteiger partial charge in [-0.05, 0) is 25.7 Å². The van der Waals surface area contributed by atoms with Crippen LogP contribution >= 0.6 is 0 Å². The van der Waals surface area contributed by atoms with Gasteiger partial charge in [-0.25, -0.2) is 0 Å². The molecule has 4 heteroatoms. The molecule has 0 spiro atoms. The van der Waals surface area contributed by atoms with Gasteiger partial charge >= 0.3 is 0 Å². The summed E-state index contributed by atoms with van der Waals surface area (Å²) in [4.78, 5) is 0. The Morgan fingerprint density at radius 2 is 1.95 bits per heavy atom. The van der Waals surface area contributed by atoms with E-state index in [9.17, 15) is 5.11 Å². The van der Waals surface area contributed by atoms with Gasteiger partial charge in [-0.15, -0.1) is 0 Å². The lowest BCUT2D eigenvalue weighted by atomic mass is 9.79. The predicted molar refractivity (Wildman–Crippen MR) is 82.3 cm³/mol. The monoisotopic (exact) mass is 300 g/mol. The van der Waals surface area contributed by atoms with Crippen LogP contribution in [0.4, 0.5) is 0 Å². The third-order valence-electron chi connectivity index (χ3n) is 5.26. The molecule has 124 valence electrons. The highest BCUT2D eigenvalue weighted by Gasteiger charge is 2.48. The normalized spacial score (nSPS) is 45.1. The van der Waals surface area contributed by atoms with Gasteiger partial charge < -0.3 is 19.3 Å². The molecule has 2 rings (SSSR count). The smallest absolute Gasteiger partial charge is 0.0891 e. The second kappa shape index (κ2) is 7.40. The van der Waals surface area contributed by atoms with Gasteiger partial charge in [0.15, 0.2) is 0 Å². The second-order valence-electron chi connectivity index (χ2n) is 6.99. The van der Waals surface area contributed by atoms with Gasteiger partial charge in [0, 0.05) is 19.4 Å². The van der Waals surface area contributed by atoms with Crippen LogP contribution in [0.1, 0.15) is 53.4 Å². The average molecular weight is 300 g/mol. The summed E-state index contributed by atoms with van der Waals surface area (Å²) in [5.41, 5.74) is 0. The number of hydrogen-bond donors (Lipinski definition) is 1. The number of aliphatic hydroxyl groups excluding tert-OH is 1. The average Bonchev–Trinajstić information content (AvgIpc) is 2.46. The summed E-state index contributed by atoms with van der Waals surface area (Å²) in [7, 11) is 1.70. The van der Waals surface area contributed by atoms with Gasteiger partial charge in [0.2, 0.25) is 0 Å². The summed E-state index contributed by atoms with van der Waals surface area (Å²) in [5, 5.41) is 10.5. The molecule has 0 bridgehead atoms. The molecule has 0 aromatic rings. The van der Waals surface area contributed by atoms with Crippen molar-refractivity contribution in [1.29, 1.82) is 0 Å². The molecule has 21 heavy (non-hydrogen) atoms. The number of hydrogen-bond acceptors (Lipinski definition) is 4. The van der Waals surface area contributed by atoms with E-state index < -0.39 is 6.10 Å². The molecule has 1 N–H and O–H groups in total. The largest absolute Gasteiger partial charge is 0.390 e. The second-order valence-corrected chi connectivity index (χ2v) is 6.99. The number of ether oxygens (including phenoxy) is 3. The Morgan fingerprint density at radius 1 is 1.24 bits per heavy atom. The maximum Gasteiger partial charge on any atom is 0.0891 e. The van der Waals surface area contributed by atoms with E-state index in [4.69, 9.17) is 14.2 Å². The summed E-state index contributed by atoms with van der Waals surface area (Å²) in [6.45, 7) is 8.56. The van der Waals surface area contributed by atoms with E-state index in [1.807, 2.05) is 6.92 Å². The Hall–Kier alpha value is -0.160. The fourth-order valence-corrected chi connectivity index (χ4v) is 3.76. The van der Waals surface area contributed by atoms with Crippen molar-refractivity contribution in [2.24, 2.45) is 11.8 Å². The first-order valence-electron chi connectivity index (χ1n) is 8.49. The zero-order valence-corrected chi connectivity index (χ0v) is 14.1. The van der Waals surface area contributed by atoms with Gasteiger partial charge in [-0.1, -0.05) is 27.2 Å². The summed E-state index contributed by atoms with van der Waals surface area (Å²) in [6, 6.07) is 0. The Bertz CT molecular complexity index is 322. The van der Waals surface area contributed by atoms with E-state index in [0.29, 0.717) is 12.0 Å². The minimum Gasteiger partial charge on any atom is -0.390 e. The van der Waals surface area contributed by atoms with Gasteiger partial charge in [0.1, 0.15) is 0 Å². The molecule has 2 aliphatic rings. The number of aliphatic hydroxyl groups is 1. The number of rotatable bonds is 5. The van der Waals surface area contributed by atoms with Crippen LogP contribution in [0.15, 0.2) is 0 Å². The van der Waals surface area contributed by atoms with E-state index >= 15 is 0 Å². The molecule has 0 aromatic carbocycles. The van der Waals surface area contributed by atoms with Crippen LogP contribution in [-0.4, -0.2) is 48.8 Å². The Balaban J connectivity index is 2.03. The Labute approximate surface area is 129 Å². The lowest BCUT2D eigenvalue weighted by Gasteiger charge is -2.50. The Morgan fingerprint density at radius 3 is 2.57 bits per heavy atom. The van der Waals surface area contributed by atoms with Crippen LogP contribution in [0.5, 0.6) is 0 Å². The highest BCUT2D eigenvalue weighted by atomic mass is 16.6. The van der Waals surface area contributed by atoms with Crippen molar-refractivity contribution < 1.29 is 19.3 Å². The van der Waals surface area contributed by atoms with Crippen LogP contribution in [0.2, 0.25) is 0 Å². The maximum atomic E-state index is 10.5. The van der Waals surface area contributed by atoms with Crippen molar-refractivity contribution in [3.05, 3.63) is 0 Å². The summed E-state index contributed by atoms with van der Waals surface area (Å²) < 4.78 is 17.8. The number of fused-ring (bicyclic) bond motifs is 1. The van der Waals surface area contributed by atoms with Crippen LogP contribution < -0.4 is 0 Å². The Kier molecular flexibility index (Phi) is 6.06. The third-order valence-corrected chi connectivity index (χ3v) is 5.26. The van der Waals surface area contributed by atoms with E-state index in [1.165, 1.54) is 0 Å². The fourth-order valence-electron chi connectivity index (χ4n) is 3.76. The van der Waals surface area contributed by atoms with Crippen molar-refractivity contribution in [3.63, 3.8) is 0 Å². The van der Waals surface area contributed by atoms with E-state index in [-0.39, 0.29) is 30.3 Å². The summed E-state index contributed by atoms with van der Waals surface area (Å²) in [5.74, 6) is 0.638. The van der Waals surface area contributed by atoms with E-state index in [0.717, 1.165) is 25.7 Å². The zero-order chi connectivity index (χ0) is 15.6. The molecular weight excluding hydrogens is 268 g/mol. The first-order chi connectivity index (χ1) is 9.97. The molecule has 0 amide bonds. The molecule has 1 unspecified atom stereocenters. The van der Waals surface area contributed by atoms with Gasteiger partial charge in [-0.2, -0.15) is 0 Å². The van der Waals surface area contributed by atoms with Crippen molar-refractivity contribution in [3.8, 4) is 0 Å². The van der Waals surface area contributed by atoms with Gasteiger partial charge in [0.25, 0.3) is 0 Å². The van der Waals surface area contributed by atoms with Crippen LogP contribution in [0.25, 0.3) is 0 Å². The molecule has 0 radical (unpaired) electrons. The standard InChI is InChI=1S/C17H32O4/c1-6-7-13-10(2)8-15-17(21-13)12(4)16(18)14(20-15)9-11(3)19-5/h10-18H,6-9H2,1-5H3/t10-,11?,12-,13-,14+,15+,16-,17+/m1/s1. The fraction of sp³-hybridized carbons (Fsp3) is 1.00. The highest BCUT2D eigenvalue weighted by Crippen LogP contribution is 2.39. The minimum atomic E-state index is -0.473. The van der Waals surface area contributed by atoms with Crippen molar-refractivity contribution in [2.75, 3.05) is 7.11 Å².